The molecule has 0 amide bonds. The van der Waals surface area contributed by atoms with E-state index >= 15 is 0 Å². The van der Waals surface area contributed by atoms with E-state index in [4.69, 9.17) is 9.15 Å². The van der Waals surface area contributed by atoms with E-state index in [0.717, 1.165) is 29.8 Å². The van der Waals surface area contributed by atoms with Gasteiger partial charge in [-0.1, -0.05) is 29.8 Å². The largest absolute Gasteiger partial charge is 0.457 e. The molecule has 6 nitrogen and oxygen atoms in total. The molecule has 1 fully saturated rings. The first-order valence-corrected chi connectivity index (χ1v) is 10.3. The third-order valence-electron chi connectivity index (χ3n) is 5.49. The molecular weight excluding hydrogens is 380 g/mol. The number of rotatable bonds is 8. The highest BCUT2D eigenvalue weighted by atomic mass is 16.5. The summed E-state index contributed by atoms with van der Waals surface area (Å²) in [6.45, 7) is 5.75. The van der Waals surface area contributed by atoms with Crippen LogP contribution in [0.5, 0.6) is 0 Å². The maximum Gasteiger partial charge on any atom is 0.306 e. The first-order chi connectivity index (χ1) is 14.4. The third kappa shape index (κ3) is 4.37. The Hall–Kier alpha value is -3.15. The van der Waals surface area contributed by atoms with Gasteiger partial charge in [0.1, 0.15) is 0 Å². The number of carbonyl (C=O) groups is 2. The van der Waals surface area contributed by atoms with Crippen molar-refractivity contribution >= 4 is 11.8 Å². The quantitative estimate of drug-likeness (QED) is 0.398. The molecule has 6 heteroatoms. The molecule has 0 bridgehead atoms. The maximum atomic E-state index is 12.5. The van der Waals surface area contributed by atoms with E-state index in [1.54, 1.807) is 6.20 Å². The number of aryl methyl sites for hydroxylation is 3. The number of oxazole rings is 1. The van der Waals surface area contributed by atoms with Gasteiger partial charge in [0.2, 0.25) is 5.78 Å². The summed E-state index contributed by atoms with van der Waals surface area (Å²) in [4.78, 5) is 28.8. The molecule has 0 aliphatic heterocycles. The Kier molecular flexibility index (Phi) is 5.57. The van der Waals surface area contributed by atoms with Gasteiger partial charge in [-0.25, -0.2) is 4.98 Å². The van der Waals surface area contributed by atoms with Gasteiger partial charge in [-0.05, 0) is 39.7 Å². The zero-order chi connectivity index (χ0) is 21.3. The van der Waals surface area contributed by atoms with Crippen molar-refractivity contribution in [2.75, 3.05) is 6.61 Å². The number of hydrogen-bond acceptors (Lipinski definition) is 5. The molecule has 0 unspecified atom stereocenters. The molecule has 4 rings (SSSR count). The first-order valence-electron chi connectivity index (χ1n) is 10.3. The average Bonchev–Trinajstić information content (AvgIpc) is 3.36. The zero-order valence-electron chi connectivity index (χ0n) is 17.6. The fourth-order valence-electron chi connectivity index (χ4n) is 3.74. The minimum atomic E-state index is -0.436. The second-order valence-electron chi connectivity index (χ2n) is 7.95. The molecule has 0 N–H and O–H groups in total. The van der Waals surface area contributed by atoms with Gasteiger partial charge in [0, 0.05) is 35.0 Å². The molecule has 0 radical (unpaired) electrons. The van der Waals surface area contributed by atoms with E-state index in [2.05, 4.69) is 9.55 Å². The number of ketones is 1. The fourth-order valence-corrected chi connectivity index (χ4v) is 3.74. The summed E-state index contributed by atoms with van der Waals surface area (Å²) < 4.78 is 13.1. The topological polar surface area (TPSA) is 74.3 Å². The van der Waals surface area contributed by atoms with Crippen molar-refractivity contribution in [1.29, 1.82) is 0 Å². The van der Waals surface area contributed by atoms with E-state index in [1.165, 1.54) is 5.56 Å². The molecule has 2 heterocycles. The van der Waals surface area contributed by atoms with Crippen LogP contribution in [0.25, 0.3) is 11.3 Å². The number of aromatic nitrogens is 2. The van der Waals surface area contributed by atoms with Crippen LogP contribution in [-0.2, 0) is 16.0 Å². The van der Waals surface area contributed by atoms with Crippen molar-refractivity contribution in [3.63, 3.8) is 0 Å². The second-order valence-corrected chi connectivity index (χ2v) is 7.95. The van der Waals surface area contributed by atoms with Crippen molar-refractivity contribution in [3.8, 4) is 11.3 Å². The normalized spacial score (nSPS) is 13.4. The predicted molar refractivity (Wildman–Crippen MR) is 112 cm³/mol. The number of hydrogen-bond donors (Lipinski definition) is 0. The van der Waals surface area contributed by atoms with Crippen LogP contribution in [0, 0.1) is 20.8 Å². The fraction of sp³-hybridized carbons (Fsp3) is 0.375. The van der Waals surface area contributed by atoms with E-state index < -0.39 is 5.97 Å². The van der Waals surface area contributed by atoms with Gasteiger partial charge in [0.25, 0.3) is 0 Å². The molecule has 1 aliphatic rings. The van der Waals surface area contributed by atoms with Gasteiger partial charge in [-0.3, -0.25) is 9.59 Å². The predicted octanol–water partition coefficient (Wildman–Crippen LogP) is 4.76. The number of carbonyl (C=O) groups excluding carboxylic acids is 2. The number of benzene rings is 1. The Bertz CT molecular complexity index is 1070. The van der Waals surface area contributed by atoms with E-state index in [1.807, 2.05) is 51.1 Å². The summed E-state index contributed by atoms with van der Waals surface area (Å²) in [7, 11) is 0. The molecular formula is C24H26N2O4. The number of ether oxygens (including phenoxy) is 1. The minimum absolute atomic E-state index is 0.113. The van der Waals surface area contributed by atoms with Crippen LogP contribution in [0.2, 0.25) is 0 Å². The molecule has 30 heavy (non-hydrogen) atoms. The molecule has 0 atom stereocenters. The first kappa shape index (κ1) is 20.1. The molecule has 2 aromatic heterocycles. The maximum absolute atomic E-state index is 12.5. The van der Waals surface area contributed by atoms with Crippen LogP contribution in [0.1, 0.15) is 58.5 Å². The van der Waals surface area contributed by atoms with Crippen LogP contribution in [0.4, 0.5) is 0 Å². The summed E-state index contributed by atoms with van der Waals surface area (Å²) in [6.07, 6.45) is 4.42. The molecule has 1 saturated carbocycles. The van der Waals surface area contributed by atoms with Crippen LogP contribution in [0.15, 0.2) is 40.9 Å². The lowest BCUT2D eigenvalue weighted by Crippen LogP contribution is -2.15. The van der Waals surface area contributed by atoms with Gasteiger partial charge in [-0.2, -0.15) is 0 Å². The van der Waals surface area contributed by atoms with Crippen molar-refractivity contribution in [2.45, 2.75) is 52.5 Å². The summed E-state index contributed by atoms with van der Waals surface area (Å²) in [5.41, 5.74) is 4.79. The Labute approximate surface area is 175 Å². The summed E-state index contributed by atoms with van der Waals surface area (Å²) >= 11 is 0. The van der Waals surface area contributed by atoms with Gasteiger partial charge in [0.15, 0.2) is 18.3 Å². The van der Waals surface area contributed by atoms with Crippen LogP contribution in [-0.4, -0.2) is 27.9 Å². The summed E-state index contributed by atoms with van der Waals surface area (Å²) in [5.74, 6) is 0.539. The van der Waals surface area contributed by atoms with E-state index in [9.17, 15) is 9.59 Å². The molecule has 3 aromatic rings. The van der Waals surface area contributed by atoms with Gasteiger partial charge >= 0.3 is 5.97 Å². The molecule has 1 aliphatic carbocycles. The van der Waals surface area contributed by atoms with Crippen molar-refractivity contribution in [1.82, 2.24) is 9.55 Å². The third-order valence-corrected chi connectivity index (χ3v) is 5.49. The van der Waals surface area contributed by atoms with Crippen molar-refractivity contribution < 1.29 is 18.7 Å². The Morgan fingerprint density at radius 3 is 2.60 bits per heavy atom. The lowest BCUT2D eigenvalue weighted by atomic mass is 10.1. The molecule has 0 saturated heterocycles. The highest BCUT2D eigenvalue weighted by Crippen LogP contribution is 2.38. The summed E-state index contributed by atoms with van der Waals surface area (Å²) in [5, 5.41) is 0. The highest BCUT2D eigenvalue weighted by molar-refractivity contribution is 5.99. The number of nitrogens with zero attached hydrogens (tertiary/aromatic N) is 2. The second kappa shape index (κ2) is 8.30. The van der Waals surface area contributed by atoms with Gasteiger partial charge in [0.05, 0.1) is 12.6 Å². The Balaban J connectivity index is 1.28. The van der Waals surface area contributed by atoms with Gasteiger partial charge < -0.3 is 13.7 Å². The lowest BCUT2D eigenvalue weighted by molar-refractivity contribution is -0.142. The molecule has 156 valence electrons. The standard InChI is InChI=1S/C24H26N2O4/c1-15-4-6-18(7-5-15)22-13-25-23(30-22)10-11-24(28)29-14-21(27)20-12-16(2)26(17(20)3)19-8-9-19/h4-7,12-13,19H,8-11,14H2,1-3H3. The van der Waals surface area contributed by atoms with Crippen LogP contribution < -0.4 is 0 Å². The van der Waals surface area contributed by atoms with E-state index in [0.29, 0.717) is 29.7 Å². The molecule has 1 aromatic carbocycles. The van der Waals surface area contributed by atoms with Crippen LogP contribution in [0.3, 0.4) is 0 Å². The van der Waals surface area contributed by atoms with Crippen LogP contribution >= 0.6 is 0 Å². The van der Waals surface area contributed by atoms with Crippen molar-refractivity contribution in [2.24, 2.45) is 0 Å². The monoisotopic (exact) mass is 406 g/mol. The Morgan fingerprint density at radius 2 is 1.90 bits per heavy atom. The number of Topliss-reactive ketones (excluding diaryl/α,β-unsaturated/α-hetero) is 1. The SMILES string of the molecule is Cc1ccc(-c2cnc(CCC(=O)OCC(=O)c3cc(C)n(C4CC4)c3C)o2)cc1. The van der Waals surface area contributed by atoms with E-state index in [-0.39, 0.29) is 18.8 Å². The highest BCUT2D eigenvalue weighted by Gasteiger charge is 2.28. The summed E-state index contributed by atoms with van der Waals surface area (Å²) in [6, 6.07) is 10.4. The Morgan fingerprint density at radius 1 is 1.17 bits per heavy atom. The molecule has 0 spiro atoms. The lowest BCUT2D eigenvalue weighted by Gasteiger charge is -2.07. The number of esters is 1. The van der Waals surface area contributed by atoms with Gasteiger partial charge in [-0.15, -0.1) is 0 Å². The average molecular weight is 406 g/mol. The van der Waals surface area contributed by atoms with Crippen molar-refractivity contribution in [3.05, 3.63) is 64.9 Å². The zero-order valence-corrected chi connectivity index (χ0v) is 17.6. The smallest absolute Gasteiger partial charge is 0.306 e. The minimum Gasteiger partial charge on any atom is -0.457 e.